The summed E-state index contributed by atoms with van der Waals surface area (Å²) < 4.78 is 0. The van der Waals surface area contributed by atoms with Crippen LogP contribution >= 0.6 is 0 Å². The van der Waals surface area contributed by atoms with Crippen molar-refractivity contribution in [1.29, 1.82) is 0 Å². The fourth-order valence-electron chi connectivity index (χ4n) is 2.97. The maximum atomic E-state index is 12.4. The SMILES string of the molecule is C#CCCC1(CCC(=O)N2CCCN(CC(=O)NCC)CC2)N=N1. The average Bonchev–Trinajstić information content (AvgIpc) is 3.36. The molecule has 1 saturated heterocycles. The Morgan fingerprint density at radius 2 is 2.00 bits per heavy atom. The van der Waals surface area contributed by atoms with Gasteiger partial charge >= 0.3 is 0 Å². The zero-order chi connectivity index (χ0) is 17.4. The molecule has 24 heavy (non-hydrogen) atoms. The van der Waals surface area contributed by atoms with E-state index in [4.69, 9.17) is 6.42 Å². The molecule has 0 atom stereocenters. The van der Waals surface area contributed by atoms with Gasteiger partial charge in [0.2, 0.25) is 11.8 Å². The van der Waals surface area contributed by atoms with Gasteiger partial charge in [-0.15, -0.1) is 12.3 Å². The third kappa shape index (κ3) is 5.60. The molecule has 2 heterocycles. The molecule has 7 heteroatoms. The van der Waals surface area contributed by atoms with E-state index in [1.165, 1.54) is 0 Å². The van der Waals surface area contributed by atoms with Crippen LogP contribution in [0.5, 0.6) is 0 Å². The summed E-state index contributed by atoms with van der Waals surface area (Å²) in [5, 5.41) is 11.0. The van der Waals surface area contributed by atoms with Crippen LogP contribution in [0.3, 0.4) is 0 Å². The molecule has 2 amide bonds. The van der Waals surface area contributed by atoms with Gasteiger partial charge in [0.1, 0.15) is 0 Å². The number of likely N-dealkylation sites (N-methyl/N-ethyl adjacent to an activating group) is 1. The molecule has 0 aromatic heterocycles. The molecular weight excluding hydrogens is 306 g/mol. The first-order valence-corrected chi connectivity index (χ1v) is 8.73. The maximum absolute atomic E-state index is 12.4. The van der Waals surface area contributed by atoms with E-state index in [0.717, 1.165) is 32.5 Å². The highest BCUT2D eigenvalue weighted by atomic mass is 16.2. The predicted octanol–water partition coefficient (Wildman–Crippen LogP) is 1.01. The lowest BCUT2D eigenvalue weighted by molar-refractivity contribution is -0.131. The van der Waals surface area contributed by atoms with Gasteiger partial charge in [0.05, 0.1) is 6.54 Å². The highest BCUT2D eigenvalue weighted by molar-refractivity contribution is 5.78. The largest absolute Gasteiger partial charge is 0.355 e. The Balaban J connectivity index is 1.72. The third-order valence-corrected chi connectivity index (χ3v) is 4.47. The molecule has 0 aromatic carbocycles. The summed E-state index contributed by atoms with van der Waals surface area (Å²) in [6, 6.07) is 0. The number of hydrogen-bond acceptors (Lipinski definition) is 5. The van der Waals surface area contributed by atoms with Crippen molar-refractivity contribution in [3.63, 3.8) is 0 Å². The summed E-state index contributed by atoms with van der Waals surface area (Å²) >= 11 is 0. The van der Waals surface area contributed by atoms with Crippen molar-refractivity contribution in [2.45, 2.75) is 44.7 Å². The molecule has 2 rings (SSSR count). The predicted molar refractivity (Wildman–Crippen MR) is 91.2 cm³/mol. The molecule has 2 aliphatic rings. The van der Waals surface area contributed by atoms with Gasteiger partial charge in [-0.2, -0.15) is 10.2 Å². The van der Waals surface area contributed by atoms with Crippen molar-refractivity contribution in [2.24, 2.45) is 10.2 Å². The summed E-state index contributed by atoms with van der Waals surface area (Å²) in [4.78, 5) is 28.1. The van der Waals surface area contributed by atoms with E-state index in [1.54, 1.807) is 0 Å². The van der Waals surface area contributed by atoms with Gasteiger partial charge in [-0.3, -0.25) is 14.5 Å². The summed E-state index contributed by atoms with van der Waals surface area (Å²) in [7, 11) is 0. The number of nitrogens with zero attached hydrogens (tertiary/aromatic N) is 4. The molecule has 0 saturated carbocycles. The molecule has 2 aliphatic heterocycles. The minimum Gasteiger partial charge on any atom is -0.355 e. The Morgan fingerprint density at radius 3 is 2.67 bits per heavy atom. The fourth-order valence-corrected chi connectivity index (χ4v) is 2.97. The Hall–Kier alpha value is -1.94. The van der Waals surface area contributed by atoms with Crippen LogP contribution in [0.1, 0.15) is 39.0 Å². The first-order chi connectivity index (χ1) is 11.6. The lowest BCUT2D eigenvalue weighted by Crippen LogP contribution is -2.40. The van der Waals surface area contributed by atoms with E-state index < -0.39 is 5.66 Å². The van der Waals surface area contributed by atoms with E-state index in [-0.39, 0.29) is 11.8 Å². The topological polar surface area (TPSA) is 77.4 Å². The summed E-state index contributed by atoms with van der Waals surface area (Å²) in [5.41, 5.74) is -0.391. The lowest BCUT2D eigenvalue weighted by Gasteiger charge is -2.22. The number of rotatable bonds is 8. The molecule has 0 radical (unpaired) electrons. The van der Waals surface area contributed by atoms with Crippen molar-refractivity contribution in [1.82, 2.24) is 15.1 Å². The van der Waals surface area contributed by atoms with Crippen molar-refractivity contribution in [3.8, 4) is 12.3 Å². The van der Waals surface area contributed by atoms with Gasteiger partial charge in [0.25, 0.3) is 0 Å². The lowest BCUT2D eigenvalue weighted by atomic mass is 10.0. The number of terminal acetylenes is 1. The summed E-state index contributed by atoms with van der Waals surface area (Å²) in [6.45, 7) is 5.96. The van der Waals surface area contributed by atoms with Crippen molar-refractivity contribution in [3.05, 3.63) is 0 Å². The molecule has 0 aliphatic carbocycles. The average molecular weight is 333 g/mol. The zero-order valence-corrected chi connectivity index (χ0v) is 14.5. The van der Waals surface area contributed by atoms with Crippen LogP contribution in [-0.4, -0.2) is 66.5 Å². The third-order valence-electron chi connectivity index (χ3n) is 4.47. The molecule has 0 aromatic rings. The van der Waals surface area contributed by atoms with Crippen LogP contribution in [0.4, 0.5) is 0 Å². The van der Waals surface area contributed by atoms with Gasteiger partial charge < -0.3 is 10.2 Å². The normalized spacial score (nSPS) is 19.4. The minimum absolute atomic E-state index is 0.0460. The number of carbonyl (C=O) groups excluding carboxylic acids is 2. The molecule has 0 spiro atoms. The Bertz CT molecular complexity index is 520. The second kappa shape index (κ2) is 8.78. The van der Waals surface area contributed by atoms with Crippen molar-refractivity contribution in [2.75, 3.05) is 39.3 Å². The van der Waals surface area contributed by atoms with Crippen molar-refractivity contribution < 1.29 is 9.59 Å². The highest BCUT2D eigenvalue weighted by Crippen LogP contribution is 2.37. The van der Waals surface area contributed by atoms with Gasteiger partial charge in [0.15, 0.2) is 5.66 Å². The summed E-state index contributed by atoms with van der Waals surface area (Å²) in [5.74, 6) is 2.79. The van der Waals surface area contributed by atoms with E-state index in [2.05, 4.69) is 26.4 Å². The van der Waals surface area contributed by atoms with Crippen LogP contribution in [0.15, 0.2) is 10.2 Å². The van der Waals surface area contributed by atoms with Crippen LogP contribution in [0, 0.1) is 12.3 Å². The van der Waals surface area contributed by atoms with E-state index in [1.807, 2.05) is 11.8 Å². The van der Waals surface area contributed by atoms with Gasteiger partial charge in [-0.05, 0) is 13.3 Å². The van der Waals surface area contributed by atoms with E-state index in [0.29, 0.717) is 38.9 Å². The second-order valence-electron chi connectivity index (χ2n) is 6.35. The quantitative estimate of drug-likeness (QED) is 0.674. The Labute approximate surface area is 143 Å². The van der Waals surface area contributed by atoms with Crippen LogP contribution in [0.25, 0.3) is 0 Å². The van der Waals surface area contributed by atoms with Crippen molar-refractivity contribution >= 4 is 11.8 Å². The molecule has 132 valence electrons. The van der Waals surface area contributed by atoms with Gasteiger partial charge in [-0.1, -0.05) is 0 Å². The molecule has 1 fully saturated rings. The molecular formula is C17H27N5O2. The molecule has 0 bridgehead atoms. The standard InChI is InChI=1S/C17H27N5O2/c1-3-5-8-17(19-20-17)9-7-16(24)22-11-6-10-21(12-13-22)14-15(23)18-4-2/h1H,4-14H2,2H3,(H,18,23). The highest BCUT2D eigenvalue weighted by Gasteiger charge is 2.39. The smallest absolute Gasteiger partial charge is 0.234 e. The second-order valence-corrected chi connectivity index (χ2v) is 6.35. The maximum Gasteiger partial charge on any atom is 0.234 e. The van der Waals surface area contributed by atoms with Crippen LogP contribution in [0.2, 0.25) is 0 Å². The fraction of sp³-hybridized carbons (Fsp3) is 0.765. The first-order valence-electron chi connectivity index (χ1n) is 8.73. The van der Waals surface area contributed by atoms with Gasteiger partial charge in [0, 0.05) is 58.4 Å². The van der Waals surface area contributed by atoms with Crippen LogP contribution in [-0.2, 0) is 9.59 Å². The monoisotopic (exact) mass is 333 g/mol. The first kappa shape index (κ1) is 18.4. The van der Waals surface area contributed by atoms with Crippen LogP contribution < -0.4 is 5.32 Å². The Morgan fingerprint density at radius 1 is 1.21 bits per heavy atom. The number of amides is 2. The summed E-state index contributed by atoms with van der Waals surface area (Å²) in [6.07, 6.45) is 8.64. The Kier molecular flexibility index (Phi) is 6.73. The zero-order valence-electron chi connectivity index (χ0n) is 14.5. The number of hydrogen-bond donors (Lipinski definition) is 1. The number of nitrogens with one attached hydrogen (secondary N) is 1. The van der Waals surface area contributed by atoms with E-state index >= 15 is 0 Å². The molecule has 1 N–H and O–H groups in total. The van der Waals surface area contributed by atoms with Gasteiger partial charge in [-0.25, -0.2) is 0 Å². The minimum atomic E-state index is -0.391. The number of carbonyl (C=O) groups is 2. The van der Waals surface area contributed by atoms with E-state index in [9.17, 15) is 9.59 Å². The molecule has 7 nitrogen and oxygen atoms in total. The molecule has 0 unspecified atom stereocenters.